The summed E-state index contributed by atoms with van der Waals surface area (Å²) < 4.78 is 34.3. The fraction of sp³-hybridized carbons (Fsp3) is 0.273. The molecular formula is C22H22N2O5S. The molecule has 1 aliphatic heterocycles. The average molecular weight is 426 g/mol. The molecule has 0 bridgehead atoms. The molecule has 7 nitrogen and oxygen atoms in total. The van der Waals surface area contributed by atoms with E-state index in [1.165, 1.54) is 13.2 Å². The van der Waals surface area contributed by atoms with E-state index in [1.807, 2.05) is 36.4 Å². The van der Waals surface area contributed by atoms with Gasteiger partial charge in [0.25, 0.3) is 5.91 Å². The molecule has 0 aromatic heterocycles. The van der Waals surface area contributed by atoms with Crippen molar-refractivity contribution in [2.24, 2.45) is 0 Å². The van der Waals surface area contributed by atoms with Crippen molar-refractivity contribution in [2.45, 2.75) is 19.1 Å². The molecule has 0 aliphatic carbocycles. The van der Waals surface area contributed by atoms with E-state index in [1.54, 1.807) is 18.2 Å². The Bertz CT molecular complexity index is 1090. The molecule has 1 N–H and O–H groups in total. The number of nitriles is 1. The zero-order valence-electron chi connectivity index (χ0n) is 16.5. The predicted octanol–water partition coefficient (Wildman–Crippen LogP) is 2.48. The second-order valence-electron chi connectivity index (χ2n) is 6.93. The third-order valence-corrected chi connectivity index (χ3v) is 6.44. The van der Waals surface area contributed by atoms with Crippen molar-refractivity contribution in [3.05, 3.63) is 65.2 Å². The van der Waals surface area contributed by atoms with Crippen LogP contribution in [-0.4, -0.2) is 39.0 Å². The lowest BCUT2D eigenvalue weighted by Gasteiger charge is -2.12. The number of ether oxygens (including phenoxy) is 2. The quantitative estimate of drug-likeness (QED) is 0.539. The monoisotopic (exact) mass is 426 g/mol. The van der Waals surface area contributed by atoms with Gasteiger partial charge in [-0.15, -0.1) is 0 Å². The number of nitrogens with one attached hydrogen (secondary N) is 1. The first-order chi connectivity index (χ1) is 14.4. The van der Waals surface area contributed by atoms with Crippen LogP contribution >= 0.6 is 0 Å². The maximum Gasteiger partial charge on any atom is 0.262 e. The van der Waals surface area contributed by atoms with Crippen LogP contribution in [0, 0.1) is 11.3 Å². The minimum atomic E-state index is -3.12. The van der Waals surface area contributed by atoms with Gasteiger partial charge in [-0.3, -0.25) is 4.79 Å². The summed E-state index contributed by atoms with van der Waals surface area (Å²) in [5, 5.41) is 12.0. The molecule has 0 spiro atoms. The molecular weight excluding hydrogens is 404 g/mol. The minimum Gasteiger partial charge on any atom is -0.493 e. The lowest BCUT2D eigenvalue weighted by molar-refractivity contribution is -0.117. The Morgan fingerprint density at radius 3 is 2.63 bits per heavy atom. The molecule has 1 aliphatic rings. The highest BCUT2D eigenvalue weighted by Crippen LogP contribution is 2.29. The summed E-state index contributed by atoms with van der Waals surface area (Å²) in [6.07, 6.45) is 1.79. The smallest absolute Gasteiger partial charge is 0.262 e. The molecule has 2 aromatic carbocycles. The van der Waals surface area contributed by atoms with Gasteiger partial charge in [0.05, 0.1) is 18.6 Å². The molecule has 0 unspecified atom stereocenters. The van der Waals surface area contributed by atoms with E-state index in [-0.39, 0.29) is 17.1 Å². The Morgan fingerprint density at radius 1 is 1.23 bits per heavy atom. The Morgan fingerprint density at radius 2 is 2.00 bits per heavy atom. The highest BCUT2D eigenvalue weighted by Gasteiger charge is 2.29. The molecule has 1 fully saturated rings. The van der Waals surface area contributed by atoms with Gasteiger partial charge in [-0.1, -0.05) is 36.4 Å². The normalized spacial score (nSPS) is 17.7. The van der Waals surface area contributed by atoms with Crippen LogP contribution in [0.1, 0.15) is 17.5 Å². The van der Waals surface area contributed by atoms with Crippen LogP contribution in [-0.2, 0) is 21.2 Å². The maximum atomic E-state index is 12.4. The van der Waals surface area contributed by atoms with Crippen LogP contribution in [0.5, 0.6) is 11.5 Å². The van der Waals surface area contributed by atoms with Gasteiger partial charge in [0, 0.05) is 6.04 Å². The summed E-state index contributed by atoms with van der Waals surface area (Å²) >= 11 is 0. The number of carbonyl (C=O) groups excluding carboxylic acids is 1. The lowest BCUT2D eigenvalue weighted by atomic mass is 10.1. The SMILES string of the molecule is COc1cc(/C=C(\C#N)C(=O)N[C@@H]2CCS(=O)(=O)C2)ccc1OCc1ccccc1. The molecule has 3 rings (SSSR count). The summed E-state index contributed by atoms with van der Waals surface area (Å²) in [6, 6.07) is 16.2. The van der Waals surface area contributed by atoms with E-state index in [0.717, 1.165) is 5.56 Å². The van der Waals surface area contributed by atoms with E-state index >= 15 is 0 Å². The van der Waals surface area contributed by atoms with E-state index in [2.05, 4.69) is 5.32 Å². The number of rotatable bonds is 7. The van der Waals surface area contributed by atoms with Crippen molar-refractivity contribution in [1.82, 2.24) is 5.32 Å². The van der Waals surface area contributed by atoms with Crippen LogP contribution in [0.2, 0.25) is 0 Å². The van der Waals surface area contributed by atoms with Gasteiger partial charge < -0.3 is 14.8 Å². The van der Waals surface area contributed by atoms with Crippen molar-refractivity contribution < 1.29 is 22.7 Å². The van der Waals surface area contributed by atoms with Gasteiger partial charge in [-0.2, -0.15) is 5.26 Å². The predicted molar refractivity (Wildman–Crippen MR) is 113 cm³/mol. The first-order valence-corrected chi connectivity index (χ1v) is 11.2. The van der Waals surface area contributed by atoms with Gasteiger partial charge in [0.15, 0.2) is 21.3 Å². The van der Waals surface area contributed by atoms with Crippen molar-refractivity contribution in [2.75, 3.05) is 18.6 Å². The highest BCUT2D eigenvalue weighted by atomic mass is 32.2. The highest BCUT2D eigenvalue weighted by molar-refractivity contribution is 7.91. The number of amides is 1. The zero-order valence-corrected chi connectivity index (χ0v) is 17.3. The second kappa shape index (κ2) is 9.46. The Labute approximate surface area is 175 Å². The Balaban J connectivity index is 1.71. The van der Waals surface area contributed by atoms with Gasteiger partial charge in [0.1, 0.15) is 18.2 Å². The largest absolute Gasteiger partial charge is 0.493 e. The summed E-state index contributed by atoms with van der Waals surface area (Å²) in [6.45, 7) is 0.378. The molecule has 1 amide bonds. The van der Waals surface area contributed by atoms with E-state index in [4.69, 9.17) is 9.47 Å². The van der Waals surface area contributed by atoms with Gasteiger partial charge in [-0.05, 0) is 35.8 Å². The fourth-order valence-corrected chi connectivity index (χ4v) is 4.79. The molecule has 156 valence electrons. The van der Waals surface area contributed by atoms with E-state index < -0.39 is 21.8 Å². The average Bonchev–Trinajstić information content (AvgIpc) is 3.09. The summed E-state index contributed by atoms with van der Waals surface area (Å²) in [4.78, 5) is 12.4. The topological polar surface area (TPSA) is 105 Å². The number of nitrogens with zero attached hydrogens (tertiary/aromatic N) is 1. The number of carbonyl (C=O) groups is 1. The maximum absolute atomic E-state index is 12.4. The van der Waals surface area contributed by atoms with Crippen molar-refractivity contribution >= 4 is 21.8 Å². The van der Waals surface area contributed by atoms with Gasteiger partial charge in [-0.25, -0.2) is 8.42 Å². The first-order valence-electron chi connectivity index (χ1n) is 9.38. The van der Waals surface area contributed by atoms with Crippen LogP contribution in [0.25, 0.3) is 6.08 Å². The van der Waals surface area contributed by atoms with Crippen LogP contribution < -0.4 is 14.8 Å². The Kier molecular flexibility index (Phi) is 6.75. The molecule has 1 atom stereocenters. The second-order valence-corrected chi connectivity index (χ2v) is 9.16. The fourth-order valence-electron chi connectivity index (χ4n) is 3.12. The van der Waals surface area contributed by atoms with Gasteiger partial charge in [0.2, 0.25) is 0 Å². The van der Waals surface area contributed by atoms with E-state index in [9.17, 15) is 18.5 Å². The van der Waals surface area contributed by atoms with Crippen LogP contribution in [0.3, 0.4) is 0 Å². The van der Waals surface area contributed by atoms with Crippen LogP contribution in [0.4, 0.5) is 0 Å². The zero-order chi connectivity index (χ0) is 21.6. The van der Waals surface area contributed by atoms with Crippen molar-refractivity contribution in [3.63, 3.8) is 0 Å². The Hall–Kier alpha value is -3.31. The van der Waals surface area contributed by atoms with E-state index in [0.29, 0.717) is 30.1 Å². The lowest BCUT2D eigenvalue weighted by Crippen LogP contribution is -2.36. The molecule has 0 saturated carbocycles. The standard InChI is InChI=1S/C22H22N2O5S/c1-28-21-12-17(7-8-20(21)29-14-16-5-3-2-4-6-16)11-18(13-23)22(25)24-19-9-10-30(26,27)15-19/h2-8,11-12,19H,9-10,14-15H2,1H3,(H,24,25)/b18-11+/t19-/m1/s1. The number of methoxy groups -OCH3 is 1. The molecule has 8 heteroatoms. The number of sulfone groups is 1. The summed E-state index contributed by atoms with van der Waals surface area (Å²) in [5.41, 5.74) is 1.49. The number of hydrogen-bond donors (Lipinski definition) is 1. The van der Waals surface area contributed by atoms with Crippen molar-refractivity contribution in [1.29, 1.82) is 5.26 Å². The molecule has 1 saturated heterocycles. The van der Waals surface area contributed by atoms with Gasteiger partial charge >= 0.3 is 0 Å². The molecule has 0 radical (unpaired) electrons. The third kappa shape index (κ3) is 5.61. The molecule has 2 aromatic rings. The molecule has 1 heterocycles. The third-order valence-electron chi connectivity index (χ3n) is 4.67. The minimum absolute atomic E-state index is 0.0468. The van der Waals surface area contributed by atoms with Crippen LogP contribution in [0.15, 0.2) is 54.1 Å². The van der Waals surface area contributed by atoms with Crippen molar-refractivity contribution in [3.8, 4) is 17.6 Å². The molecule has 30 heavy (non-hydrogen) atoms. The first kappa shape index (κ1) is 21.4. The summed E-state index contributed by atoms with van der Waals surface area (Å²) in [5.74, 6) is 0.365. The number of hydrogen-bond acceptors (Lipinski definition) is 6. The summed E-state index contributed by atoms with van der Waals surface area (Å²) in [7, 11) is -1.61. The number of benzene rings is 2.